The van der Waals surface area contributed by atoms with Crippen molar-refractivity contribution in [2.24, 2.45) is 0 Å². The Morgan fingerprint density at radius 2 is 1.72 bits per heavy atom. The van der Waals surface area contributed by atoms with Gasteiger partial charge in [-0.2, -0.15) is 0 Å². The number of nitrogens with zero attached hydrogens (tertiary/aromatic N) is 3. The molecule has 140 valence electrons. The van der Waals surface area contributed by atoms with Crippen LogP contribution in [0.2, 0.25) is 0 Å². The van der Waals surface area contributed by atoms with Gasteiger partial charge in [-0.15, -0.1) is 0 Å². The Balaban J connectivity index is 1.48. The topological polar surface area (TPSA) is 37.6 Å². The van der Waals surface area contributed by atoms with Gasteiger partial charge in [-0.3, -0.25) is 4.79 Å². The SMILES string of the molecule is CN1c2ccccc2Sc2cc(/C=c3/sc4nc5ccccc5n4c3=O)ccc21. The smallest absolute Gasteiger partial charge is 0.274 e. The highest BCUT2D eigenvalue weighted by molar-refractivity contribution is 7.99. The van der Waals surface area contributed by atoms with E-state index in [0.717, 1.165) is 21.6 Å². The summed E-state index contributed by atoms with van der Waals surface area (Å²) >= 11 is 3.21. The molecule has 0 radical (unpaired) electrons. The summed E-state index contributed by atoms with van der Waals surface area (Å²) in [5, 5.41) is 0. The number of imidazole rings is 1. The molecule has 0 spiro atoms. The van der Waals surface area contributed by atoms with Crippen LogP contribution in [-0.4, -0.2) is 16.4 Å². The fraction of sp³-hybridized carbons (Fsp3) is 0.0435. The van der Waals surface area contributed by atoms with Crippen LogP contribution in [0.15, 0.2) is 81.3 Å². The highest BCUT2D eigenvalue weighted by atomic mass is 32.2. The van der Waals surface area contributed by atoms with E-state index >= 15 is 0 Å². The van der Waals surface area contributed by atoms with Crippen molar-refractivity contribution in [3.8, 4) is 0 Å². The van der Waals surface area contributed by atoms with Crippen molar-refractivity contribution < 1.29 is 0 Å². The number of hydrogen-bond acceptors (Lipinski definition) is 5. The van der Waals surface area contributed by atoms with Crippen molar-refractivity contribution in [2.45, 2.75) is 9.79 Å². The van der Waals surface area contributed by atoms with Crippen LogP contribution in [0.3, 0.4) is 0 Å². The summed E-state index contributed by atoms with van der Waals surface area (Å²) in [6, 6.07) is 22.5. The molecule has 0 N–H and O–H groups in total. The number of hydrogen-bond donors (Lipinski definition) is 0. The predicted molar refractivity (Wildman–Crippen MR) is 121 cm³/mol. The Morgan fingerprint density at radius 1 is 0.931 bits per heavy atom. The zero-order valence-electron chi connectivity index (χ0n) is 15.5. The number of rotatable bonds is 1. The summed E-state index contributed by atoms with van der Waals surface area (Å²) in [6.07, 6.45) is 1.97. The van der Waals surface area contributed by atoms with Gasteiger partial charge >= 0.3 is 0 Å². The van der Waals surface area contributed by atoms with E-state index in [1.54, 1.807) is 16.2 Å². The first-order valence-electron chi connectivity index (χ1n) is 9.25. The molecule has 0 atom stereocenters. The van der Waals surface area contributed by atoms with Gasteiger partial charge in [-0.05, 0) is 48.0 Å². The highest BCUT2D eigenvalue weighted by Gasteiger charge is 2.20. The van der Waals surface area contributed by atoms with Crippen molar-refractivity contribution in [3.05, 3.63) is 87.2 Å². The minimum atomic E-state index is -0.00784. The Labute approximate surface area is 174 Å². The largest absolute Gasteiger partial charge is 0.343 e. The average Bonchev–Trinajstić information content (AvgIpc) is 3.24. The third-order valence-corrected chi connectivity index (χ3v) is 7.32. The highest BCUT2D eigenvalue weighted by Crippen LogP contribution is 2.47. The van der Waals surface area contributed by atoms with Gasteiger partial charge in [0.2, 0.25) is 0 Å². The molecule has 3 heterocycles. The van der Waals surface area contributed by atoms with Gasteiger partial charge < -0.3 is 4.90 Å². The Hall–Kier alpha value is -3.09. The maximum absolute atomic E-state index is 13.0. The van der Waals surface area contributed by atoms with E-state index in [2.05, 4.69) is 59.4 Å². The van der Waals surface area contributed by atoms with Gasteiger partial charge in [0.25, 0.3) is 5.56 Å². The third-order valence-electron chi connectivity index (χ3n) is 5.23. The minimum absolute atomic E-state index is 0.00784. The monoisotopic (exact) mass is 413 g/mol. The van der Waals surface area contributed by atoms with Gasteiger partial charge in [0.15, 0.2) is 4.96 Å². The summed E-state index contributed by atoms with van der Waals surface area (Å²) in [5.74, 6) is 0. The van der Waals surface area contributed by atoms with E-state index in [1.165, 1.54) is 32.5 Å². The summed E-state index contributed by atoms with van der Waals surface area (Å²) in [7, 11) is 2.09. The van der Waals surface area contributed by atoms with Crippen molar-refractivity contribution in [1.82, 2.24) is 9.38 Å². The lowest BCUT2D eigenvalue weighted by molar-refractivity contribution is 1.11. The number of benzene rings is 3. The Kier molecular flexibility index (Phi) is 3.60. The maximum Gasteiger partial charge on any atom is 0.274 e. The van der Waals surface area contributed by atoms with Crippen molar-refractivity contribution in [3.63, 3.8) is 0 Å². The molecular formula is C23H15N3OS2. The standard InChI is InChI=1S/C23H15N3OS2/c1-25-17-8-4-5-9-19(17)28-20-12-14(10-11-18(20)25)13-21-22(27)26-16-7-3-2-6-15(16)24-23(26)29-21/h2-13H,1H3/b21-13+. The van der Waals surface area contributed by atoms with Gasteiger partial charge in [0, 0.05) is 16.8 Å². The number of thiazole rings is 1. The second-order valence-electron chi connectivity index (χ2n) is 6.99. The molecule has 29 heavy (non-hydrogen) atoms. The van der Waals surface area contributed by atoms with Gasteiger partial charge in [0.1, 0.15) is 0 Å². The molecule has 6 heteroatoms. The maximum atomic E-state index is 13.0. The van der Waals surface area contributed by atoms with E-state index in [4.69, 9.17) is 0 Å². The predicted octanol–water partition coefficient (Wildman–Crippen LogP) is 4.69. The number of para-hydroxylation sites is 3. The molecule has 3 aromatic carbocycles. The van der Waals surface area contributed by atoms with Crippen LogP contribution in [0.25, 0.3) is 22.1 Å². The summed E-state index contributed by atoms with van der Waals surface area (Å²) in [6.45, 7) is 0. The van der Waals surface area contributed by atoms with E-state index in [-0.39, 0.29) is 5.56 Å². The van der Waals surface area contributed by atoms with Crippen molar-refractivity contribution in [2.75, 3.05) is 11.9 Å². The van der Waals surface area contributed by atoms with Crippen LogP contribution >= 0.6 is 23.1 Å². The molecule has 0 unspecified atom stereocenters. The summed E-state index contributed by atoms with van der Waals surface area (Å²) < 4.78 is 2.41. The lowest BCUT2D eigenvalue weighted by Gasteiger charge is -2.29. The average molecular weight is 414 g/mol. The fourth-order valence-electron chi connectivity index (χ4n) is 3.81. The van der Waals surface area contributed by atoms with Crippen LogP contribution in [0.1, 0.15) is 5.56 Å². The molecule has 0 amide bonds. The molecule has 0 saturated carbocycles. The molecule has 2 aromatic heterocycles. The summed E-state index contributed by atoms with van der Waals surface area (Å²) in [5.41, 5.74) is 5.13. The third kappa shape index (κ3) is 2.53. The normalized spacial score (nSPS) is 13.8. The van der Waals surface area contributed by atoms with Gasteiger partial charge in [0.05, 0.1) is 26.9 Å². The van der Waals surface area contributed by atoms with Crippen LogP contribution in [0, 0.1) is 0 Å². The van der Waals surface area contributed by atoms with Gasteiger partial charge in [-0.25, -0.2) is 9.38 Å². The first-order chi connectivity index (χ1) is 14.2. The molecule has 0 fully saturated rings. The molecule has 1 aliphatic heterocycles. The summed E-state index contributed by atoms with van der Waals surface area (Å²) in [4.78, 5) is 23.0. The zero-order valence-corrected chi connectivity index (χ0v) is 17.1. The van der Waals surface area contributed by atoms with E-state index < -0.39 is 0 Å². The molecule has 4 nitrogen and oxygen atoms in total. The lowest BCUT2D eigenvalue weighted by Crippen LogP contribution is -2.22. The fourth-order valence-corrected chi connectivity index (χ4v) is 6.00. The minimum Gasteiger partial charge on any atom is -0.343 e. The number of aromatic nitrogens is 2. The number of fused-ring (bicyclic) bond motifs is 5. The first kappa shape index (κ1) is 16.8. The lowest BCUT2D eigenvalue weighted by atomic mass is 10.1. The van der Waals surface area contributed by atoms with E-state index in [0.29, 0.717) is 4.53 Å². The molecule has 0 bridgehead atoms. The van der Waals surface area contributed by atoms with Crippen LogP contribution < -0.4 is 15.0 Å². The van der Waals surface area contributed by atoms with E-state index in [9.17, 15) is 4.79 Å². The van der Waals surface area contributed by atoms with Crippen LogP contribution in [-0.2, 0) is 0 Å². The molecule has 0 saturated heterocycles. The quantitative estimate of drug-likeness (QED) is 0.400. The molecule has 6 rings (SSSR count). The zero-order chi connectivity index (χ0) is 19.5. The Bertz CT molecular complexity index is 1530. The van der Waals surface area contributed by atoms with E-state index in [1.807, 2.05) is 30.3 Å². The first-order valence-corrected chi connectivity index (χ1v) is 10.9. The molecular weight excluding hydrogens is 398 g/mol. The van der Waals surface area contributed by atoms with Crippen molar-refractivity contribution >= 4 is 56.5 Å². The van der Waals surface area contributed by atoms with Gasteiger partial charge in [-0.1, -0.05) is 53.4 Å². The molecule has 1 aliphatic rings. The molecule has 5 aromatic rings. The molecule has 0 aliphatic carbocycles. The number of anilines is 2. The second kappa shape index (κ2) is 6.20. The van der Waals surface area contributed by atoms with Crippen molar-refractivity contribution in [1.29, 1.82) is 0 Å². The second-order valence-corrected chi connectivity index (χ2v) is 9.08. The Morgan fingerprint density at radius 3 is 2.66 bits per heavy atom. The van der Waals surface area contributed by atoms with Crippen LogP contribution in [0.4, 0.5) is 11.4 Å². The van der Waals surface area contributed by atoms with Crippen LogP contribution in [0.5, 0.6) is 0 Å².